The zero-order chi connectivity index (χ0) is 12.6. The molecule has 1 aromatic rings. The monoisotopic (exact) mass is 240 g/mol. The van der Waals surface area contributed by atoms with Gasteiger partial charge in [-0.15, -0.1) is 0 Å². The molecule has 0 spiro atoms. The fourth-order valence-electron chi connectivity index (χ4n) is 2.18. The number of hydrogen-bond donors (Lipinski definition) is 2. The first-order valence-electron chi connectivity index (χ1n) is 5.62. The van der Waals surface area contributed by atoms with Crippen LogP contribution in [0.2, 0.25) is 0 Å². The van der Waals surface area contributed by atoms with E-state index >= 15 is 0 Å². The molecule has 1 fully saturated rings. The standard InChI is InChI=1S/C11H16N2O4/c1-6-7(2)10(17-8(6)5-14)13-4-3-9(15)12-11(13)16/h3-4,6-8,10,14H,5H2,1-2H3,(H,12,15,16). The Bertz CT molecular complexity index is 507. The molecule has 0 amide bonds. The molecular weight excluding hydrogens is 224 g/mol. The van der Waals surface area contributed by atoms with E-state index in [1.807, 2.05) is 13.8 Å². The minimum absolute atomic E-state index is 0.0693. The third kappa shape index (κ3) is 2.05. The molecule has 17 heavy (non-hydrogen) atoms. The predicted octanol–water partition coefficient (Wildman–Crippen LogP) is -0.302. The van der Waals surface area contributed by atoms with Gasteiger partial charge in [-0.1, -0.05) is 13.8 Å². The molecule has 1 saturated heterocycles. The molecule has 2 rings (SSSR count). The quantitative estimate of drug-likeness (QED) is 0.743. The number of aromatic nitrogens is 2. The van der Waals surface area contributed by atoms with Crippen molar-refractivity contribution in [3.05, 3.63) is 33.1 Å². The van der Waals surface area contributed by atoms with Crippen LogP contribution in [-0.4, -0.2) is 27.4 Å². The number of aliphatic hydroxyl groups excluding tert-OH is 1. The number of nitrogens with zero attached hydrogens (tertiary/aromatic N) is 1. The molecule has 2 heterocycles. The van der Waals surface area contributed by atoms with Crippen LogP contribution < -0.4 is 11.2 Å². The lowest BCUT2D eigenvalue weighted by Gasteiger charge is -2.18. The van der Waals surface area contributed by atoms with Crippen LogP contribution in [0.5, 0.6) is 0 Å². The van der Waals surface area contributed by atoms with E-state index in [1.54, 1.807) is 0 Å². The number of aliphatic hydroxyl groups is 1. The molecule has 94 valence electrons. The number of ether oxygens (including phenoxy) is 1. The summed E-state index contributed by atoms with van der Waals surface area (Å²) in [7, 11) is 0. The van der Waals surface area contributed by atoms with Gasteiger partial charge in [0.2, 0.25) is 0 Å². The molecule has 2 N–H and O–H groups in total. The van der Waals surface area contributed by atoms with Crippen molar-refractivity contribution in [3.63, 3.8) is 0 Å². The predicted molar refractivity (Wildman–Crippen MR) is 60.6 cm³/mol. The molecule has 0 aromatic carbocycles. The molecule has 1 aliphatic heterocycles. The Labute approximate surface area is 97.9 Å². The van der Waals surface area contributed by atoms with E-state index in [4.69, 9.17) is 9.84 Å². The number of H-pyrrole nitrogens is 1. The van der Waals surface area contributed by atoms with E-state index in [1.165, 1.54) is 16.8 Å². The van der Waals surface area contributed by atoms with Gasteiger partial charge >= 0.3 is 5.69 Å². The van der Waals surface area contributed by atoms with Gasteiger partial charge in [0.25, 0.3) is 5.56 Å². The van der Waals surface area contributed by atoms with Gasteiger partial charge in [0.1, 0.15) is 6.23 Å². The third-order valence-corrected chi connectivity index (χ3v) is 3.49. The molecule has 1 aromatic heterocycles. The maximum absolute atomic E-state index is 11.6. The Balaban J connectivity index is 2.35. The lowest BCUT2D eigenvalue weighted by atomic mass is 9.93. The lowest BCUT2D eigenvalue weighted by molar-refractivity contribution is -0.0376. The Kier molecular flexibility index (Phi) is 3.17. The molecule has 0 aliphatic carbocycles. The SMILES string of the molecule is CC1C(CO)OC(n2ccc(=O)[nH]c2=O)C1C. The Morgan fingerprint density at radius 2 is 2.12 bits per heavy atom. The van der Waals surface area contributed by atoms with Gasteiger partial charge in [-0.3, -0.25) is 14.3 Å². The van der Waals surface area contributed by atoms with Crippen molar-refractivity contribution in [2.45, 2.75) is 26.2 Å². The van der Waals surface area contributed by atoms with Crippen LogP contribution in [0.15, 0.2) is 21.9 Å². The second kappa shape index (κ2) is 4.46. The van der Waals surface area contributed by atoms with E-state index in [9.17, 15) is 9.59 Å². The van der Waals surface area contributed by atoms with Crippen LogP contribution in [0, 0.1) is 11.8 Å². The average molecular weight is 240 g/mol. The summed E-state index contributed by atoms with van der Waals surface area (Å²) in [6.45, 7) is 3.87. The largest absolute Gasteiger partial charge is 0.394 e. The van der Waals surface area contributed by atoms with Crippen molar-refractivity contribution in [1.82, 2.24) is 9.55 Å². The fraction of sp³-hybridized carbons (Fsp3) is 0.636. The Hall–Kier alpha value is -1.40. The van der Waals surface area contributed by atoms with E-state index in [-0.39, 0.29) is 24.5 Å². The number of hydrogen-bond acceptors (Lipinski definition) is 4. The summed E-state index contributed by atoms with van der Waals surface area (Å²) >= 11 is 0. The Morgan fingerprint density at radius 3 is 2.65 bits per heavy atom. The highest BCUT2D eigenvalue weighted by molar-refractivity contribution is 4.90. The smallest absolute Gasteiger partial charge is 0.330 e. The van der Waals surface area contributed by atoms with Gasteiger partial charge in [0.05, 0.1) is 12.7 Å². The van der Waals surface area contributed by atoms with Crippen molar-refractivity contribution in [2.75, 3.05) is 6.61 Å². The van der Waals surface area contributed by atoms with Crippen molar-refractivity contribution in [2.24, 2.45) is 11.8 Å². The molecule has 4 atom stereocenters. The highest BCUT2D eigenvalue weighted by atomic mass is 16.5. The van der Waals surface area contributed by atoms with E-state index < -0.39 is 17.5 Å². The summed E-state index contributed by atoms with van der Waals surface area (Å²) in [4.78, 5) is 24.8. The van der Waals surface area contributed by atoms with E-state index in [0.29, 0.717) is 0 Å². The maximum Gasteiger partial charge on any atom is 0.330 e. The van der Waals surface area contributed by atoms with Gasteiger partial charge in [0.15, 0.2) is 0 Å². The minimum Gasteiger partial charge on any atom is -0.394 e. The molecule has 4 unspecified atom stereocenters. The third-order valence-electron chi connectivity index (χ3n) is 3.49. The van der Waals surface area contributed by atoms with Crippen molar-refractivity contribution in [3.8, 4) is 0 Å². The van der Waals surface area contributed by atoms with Crippen molar-refractivity contribution in [1.29, 1.82) is 0 Å². The van der Waals surface area contributed by atoms with Crippen molar-refractivity contribution >= 4 is 0 Å². The molecular formula is C11H16N2O4. The van der Waals surface area contributed by atoms with Gasteiger partial charge in [-0.05, 0) is 5.92 Å². The first-order chi connectivity index (χ1) is 8.04. The number of aromatic amines is 1. The molecule has 0 saturated carbocycles. The van der Waals surface area contributed by atoms with Crippen LogP contribution in [0.25, 0.3) is 0 Å². The van der Waals surface area contributed by atoms with Gasteiger partial charge in [-0.25, -0.2) is 4.79 Å². The molecule has 0 bridgehead atoms. The van der Waals surface area contributed by atoms with Crippen LogP contribution >= 0.6 is 0 Å². The summed E-state index contributed by atoms with van der Waals surface area (Å²) < 4.78 is 6.99. The van der Waals surface area contributed by atoms with Crippen LogP contribution in [0.3, 0.4) is 0 Å². The zero-order valence-corrected chi connectivity index (χ0v) is 9.79. The molecule has 6 heteroatoms. The first-order valence-corrected chi connectivity index (χ1v) is 5.62. The second-order valence-electron chi connectivity index (χ2n) is 4.48. The van der Waals surface area contributed by atoms with Gasteiger partial charge in [-0.2, -0.15) is 0 Å². The minimum atomic E-state index is -0.486. The maximum atomic E-state index is 11.6. The molecule has 1 aliphatic rings. The summed E-state index contributed by atoms with van der Waals surface area (Å²) in [5, 5.41) is 9.16. The highest BCUT2D eigenvalue weighted by Gasteiger charge is 2.39. The summed E-state index contributed by atoms with van der Waals surface area (Å²) in [5.41, 5.74) is -0.913. The van der Waals surface area contributed by atoms with E-state index in [2.05, 4.69) is 4.98 Å². The summed E-state index contributed by atoms with van der Waals surface area (Å²) in [5.74, 6) is 0.250. The van der Waals surface area contributed by atoms with Crippen LogP contribution in [0.1, 0.15) is 20.1 Å². The first kappa shape index (κ1) is 12.1. The van der Waals surface area contributed by atoms with Gasteiger partial charge < -0.3 is 9.84 Å². The van der Waals surface area contributed by atoms with Crippen LogP contribution in [0.4, 0.5) is 0 Å². The fourth-order valence-corrected chi connectivity index (χ4v) is 2.18. The summed E-state index contributed by atoms with van der Waals surface area (Å²) in [6, 6.07) is 1.29. The number of rotatable bonds is 2. The lowest BCUT2D eigenvalue weighted by Crippen LogP contribution is -2.33. The molecule has 6 nitrogen and oxygen atoms in total. The van der Waals surface area contributed by atoms with Gasteiger partial charge in [0, 0.05) is 18.2 Å². The Morgan fingerprint density at radius 1 is 1.41 bits per heavy atom. The zero-order valence-electron chi connectivity index (χ0n) is 9.79. The highest BCUT2D eigenvalue weighted by Crippen LogP contribution is 2.37. The number of nitrogens with one attached hydrogen (secondary N) is 1. The normalized spacial score (nSPS) is 32.9. The molecule has 0 radical (unpaired) electrons. The second-order valence-corrected chi connectivity index (χ2v) is 4.48. The average Bonchev–Trinajstić information content (AvgIpc) is 2.57. The van der Waals surface area contributed by atoms with E-state index in [0.717, 1.165) is 0 Å². The van der Waals surface area contributed by atoms with Crippen LogP contribution in [-0.2, 0) is 4.74 Å². The summed E-state index contributed by atoms with van der Waals surface area (Å²) in [6.07, 6.45) is 0.717. The van der Waals surface area contributed by atoms with Crippen molar-refractivity contribution < 1.29 is 9.84 Å². The topological polar surface area (TPSA) is 84.3 Å².